The van der Waals surface area contributed by atoms with Crippen molar-refractivity contribution in [3.05, 3.63) is 174 Å². The van der Waals surface area contributed by atoms with Crippen molar-refractivity contribution in [1.29, 1.82) is 0 Å². The first-order valence-electron chi connectivity index (χ1n) is 20.2. The van der Waals surface area contributed by atoms with Crippen molar-refractivity contribution in [1.82, 2.24) is 9.97 Å². The Bertz CT molecular complexity index is 3230. The summed E-state index contributed by atoms with van der Waals surface area (Å²) in [4.78, 5) is 12.4. The molecule has 0 N–H and O–H groups in total. The molecule has 0 unspecified atom stereocenters. The lowest BCUT2D eigenvalue weighted by molar-refractivity contribution is 0.353. The molecule has 0 aliphatic heterocycles. The zero-order chi connectivity index (χ0) is 38.2. The van der Waals surface area contributed by atoms with Gasteiger partial charge in [0.2, 0.25) is 0 Å². The van der Waals surface area contributed by atoms with E-state index in [1.165, 1.54) is 65.5 Å². The fourth-order valence-corrected chi connectivity index (χ4v) is 10.8. The van der Waals surface area contributed by atoms with E-state index in [0.717, 1.165) is 70.8 Å². The Morgan fingerprint density at radius 1 is 0.638 bits per heavy atom. The van der Waals surface area contributed by atoms with Crippen LogP contribution >= 0.6 is 11.8 Å². The summed E-state index contributed by atoms with van der Waals surface area (Å²) in [5, 5.41) is 3.17. The summed E-state index contributed by atoms with van der Waals surface area (Å²) in [6.45, 7) is 0. The molecule has 9 aromatic rings. The Labute approximate surface area is 340 Å². The highest BCUT2D eigenvalue weighted by Crippen LogP contribution is 2.58. The predicted octanol–water partition coefficient (Wildman–Crippen LogP) is 14.7. The number of benzene rings is 6. The van der Waals surface area contributed by atoms with E-state index in [1.807, 2.05) is 36.6 Å². The number of fused-ring (bicyclic) bond motifs is 11. The molecule has 0 amide bonds. The van der Waals surface area contributed by atoms with Crippen molar-refractivity contribution < 1.29 is 8.83 Å². The molecule has 3 aromatic heterocycles. The number of nitrogens with zero attached hydrogens (tertiary/aromatic N) is 2. The van der Waals surface area contributed by atoms with Crippen LogP contribution in [0.5, 0.6) is 0 Å². The van der Waals surface area contributed by atoms with Gasteiger partial charge in [-0.05, 0) is 107 Å². The van der Waals surface area contributed by atoms with Gasteiger partial charge in [-0.15, -0.1) is 5.73 Å². The van der Waals surface area contributed by atoms with E-state index in [4.69, 9.17) is 18.8 Å². The molecule has 0 bridgehead atoms. The van der Waals surface area contributed by atoms with Gasteiger partial charge in [0.05, 0.1) is 16.2 Å². The number of rotatable bonds is 5. The van der Waals surface area contributed by atoms with Crippen molar-refractivity contribution >= 4 is 56.8 Å². The number of hydrogen-bond donors (Lipinski definition) is 0. The van der Waals surface area contributed by atoms with E-state index in [9.17, 15) is 0 Å². The first kappa shape index (κ1) is 33.5. The normalized spacial score (nSPS) is 15.0. The first-order chi connectivity index (χ1) is 28.7. The number of furan rings is 2. The van der Waals surface area contributed by atoms with Gasteiger partial charge < -0.3 is 8.83 Å². The van der Waals surface area contributed by atoms with Crippen molar-refractivity contribution in [2.24, 2.45) is 0 Å². The highest BCUT2D eigenvalue weighted by Gasteiger charge is 2.44. The molecule has 6 aromatic carbocycles. The summed E-state index contributed by atoms with van der Waals surface area (Å²) in [6, 6.07) is 45.8. The number of hydrogen-bond acceptors (Lipinski definition) is 5. The Balaban J connectivity index is 0.987. The van der Waals surface area contributed by atoms with Crippen molar-refractivity contribution in [2.45, 2.75) is 47.3 Å². The third kappa shape index (κ3) is 5.17. The van der Waals surface area contributed by atoms with Crippen molar-refractivity contribution in [3.8, 4) is 44.9 Å². The zero-order valence-electron chi connectivity index (χ0n) is 31.7. The van der Waals surface area contributed by atoms with Crippen LogP contribution in [0.15, 0.2) is 170 Å². The summed E-state index contributed by atoms with van der Waals surface area (Å²) >= 11 is 1.66. The van der Waals surface area contributed by atoms with Gasteiger partial charge in [0.1, 0.15) is 22.5 Å². The smallest absolute Gasteiger partial charge is 0.163 e. The molecule has 276 valence electrons. The Hall–Kier alpha value is -6.65. The van der Waals surface area contributed by atoms with Gasteiger partial charge in [-0.3, -0.25) is 0 Å². The van der Waals surface area contributed by atoms with Crippen LogP contribution in [0.4, 0.5) is 0 Å². The lowest BCUT2D eigenvalue weighted by atomic mass is 9.68. The van der Waals surface area contributed by atoms with Crippen LogP contribution < -0.4 is 0 Å². The van der Waals surface area contributed by atoms with E-state index in [2.05, 4.69) is 127 Å². The van der Waals surface area contributed by atoms with Gasteiger partial charge in [0.25, 0.3) is 0 Å². The number of para-hydroxylation sites is 1. The van der Waals surface area contributed by atoms with Gasteiger partial charge in [-0.2, -0.15) is 0 Å². The van der Waals surface area contributed by atoms with E-state index in [1.54, 1.807) is 11.8 Å². The van der Waals surface area contributed by atoms with E-state index < -0.39 is 0 Å². The fraction of sp³-hybridized carbons (Fsp3) is 0.113. The Morgan fingerprint density at radius 3 is 2.33 bits per heavy atom. The maximum Gasteiger partial charge on any atom is 0.163 e. The van der Waals surface area contributed by atoms with Crippen LogP contribution in [0.3, 0.4) is 0 Å². The van der Waals surface area contributed by atoms with E-state index >= 15 is 0 Å². The SMILES string of the molecule is C1=CC=Cc2oc3cc(-c4nc(-c5cccc6c5oc5cc(-c7cccc8c7-c7ccccc7C87CCCCC7)ccc56)ncc4Sc4ccccc4)ccc3c2C=1. The number of aromatic nitrogens is 2. The minimum Gasteiger partial charge on any atom is -0.456 e. The average Bonchev–Trinajstić information content (AvgIpc) is 3.84. The second-order valence-corrected chi connectivity index (χ2v) is 16.8. The summed E-state index contributed by atoms with van der Waals surface area (Å²) in [5.74, 6) is 1.43. The first-order valence-corrected chi connectivity index (χ1v) is 21.0. The van der Waals surface area contributed by atoms with Crippen LogP contribution in [0, 0.1) is 0 Å². The molecule has 58 heavy (non-hydrogen) atoms. The van der Waals surface area contributed by atoms with Gasteiger partial charge in [-0.25, -0.2) is 9.97 Å². The largest absolute Gasteiger partial charge is 0.456 e. The monoisotopic (exact) mass is 764 g/mol. The van der Waals surface area contributed by atoms with Gasteiger partial charge in [0.15, 0.2) is 5.82 Å². The molecule has 12 rings (SSSR count). The van der Waals surface area contributed by atoms with Crippen molar-refractivity contribution in [3.63, 3.8) is 0 Å². The lowest BCUT2D eigenvalue weighted by Crippen LogP contribution is -2.27. The van der Waals surface area contributed by atoms with E-state index in [-0.39, 0.29) is 5.41 Å². The standard InChI is InChI=1S/C53H36N2O2S/c1-4-14-35(15-5-1)58-48-32-54-52(55-50(48)34-25-27-38-37-16-6-2-7-23-45(37)56-46(38)31-34)42-20-12-19-40-39-26-24-33(30-47(39)57-51(40)42)36-18-13-22-44-49(36)41-17-8-9-21-43(41)53(44)28-10-3-11-29-53/h1-2,4-5,7-9,12-27,30-32H,3,10-11,28-29H2. The topological polar surface area (TPSA) is 52.1 Å². The molecular formula is C53H36N2O2S. The maximum atomic E-state index is 6.87. The summed E-state index contributed by atoms with van der Waals surface area (Å²) in [6.07, 6.45) is 16.1. The highest BCUT2D eigenvalue weighted by molar-refractivity contribution is 7.99. The van der Waals surface area contributed by atoms with Crippen LogP contribution in [-0.4, -0.2) is 9.97 Å². The summed E-state index contributed by atoms with van der Waals surface area (Å²) < 4.78 is 13.2. The molecule has 1 fully saturated rings. The molecule has 1 saturated carbocycles. The van der Waals surface area contributed by atoms with E-state index in [0.29, 0.717) is 5.82 Å². The minimum absolute atomic E-state index is 0.112. The molecule has 0 atom stereocenters. The molecule has 3 aliphatic carbocycles. The van der Waals surface area contributed by atoms with Gasteiger partial charge >= 0.3 is 0 Å². The maximum absolute atomic E-state index is 6.87. The molecule has 4 nitrogen and oxygen atoms in total. The summed E-state index contributed by atoms with van der Waals surface area (Å²) in [7, 11) is 0. The average molecular weight is 765 g/mol. The quantitative estimate of drug-likeness (QED) is 0.163. The Morgan fingerprint density at radius 2 is 1.40 bits per heavy atom. The number of allylic oxidation sites excluding steroid dienone is 2. The molecule has 0 radical (unpaired) electrons. The van der Waals surface area contributed by atoms with Crippen LogP contribution in [-0.2, 0) is 5.41 Å². The second kappa shape index (κ2) is 13.2. The molecule has 0 saturated heterocycles. The van der Waals surface area contributed by atoms with Crippen LogP contribution in [0.1, 0.15) is 54.6 Å². The lowest BCUT2D eigenvalue weighted by Gasteiger charge is -2.36. The predicted molar refractivity (Wildman–Crippen MR) is 237 cm³/mol. The molecule has 5 heteroatoms. The fourth-order valence-electron chi connectivity index (χ4n) is 9.86. The van der Waals surface area contributed by atoms with Gasteiger partial charge in [0, 0.05) is 43.8 Å². The third-order valence-electron chi connectivity index (χ3n) is 12.5. The molecular weight excluding hydrogens is 729 g/mol. The highest BCUT2D eigenvalue weighted by atomic mass is 32.2. The zero-order valence-corrected chi connectivity index (χ0v) is 32.5. The Kier molecular flexibility index (Phi) is 7.63. The van der Waals surface area contributed by atoms with Crippen LogP contribution in [0.25, 0.3) is 90.0 Å². The van der Waals surface area contributed by atoms with Crippen LogP contribution in [0.2, 0.25) is 0 Å². The van der Waals surface area contributed by atoms with Crippen molar-refractivity contribution in [2.75, 3.05) is 0 Å². The van der Waals surface area contributed by atoms with Gasteiger partial charge in [-0.1, -0.05) is 122 Å². The third-order valence-corrected chi connectivity index (χ3v) is 13.5. The molecule has 3 heterocycles. The second-order valence-electron chi connectivity index (χ2n) is 15.7. The summed E-state index contributed by atoms with van der Waals surface area (Å²) in [5.41, 5.74) is 17.7. The minimum atomic E-state index is 0.112. The molecule has 1 spiro atoms. The molecule has 3 aliphatic rings.